The van der Waals surface area contributed by atoms with Gasteiger partial charge in [-0.1, -0.05) is 24.3 Å². The standard InChI is InChI=1S/C16H22O2/c17-16(14-8-11-18-12-9-14)10-4-3-6-13-5-1-2-7-15(13)16/h1-2,5,7,14,17H,3-4,6,8-12H2. The third kappa shape index (κ3) is 2.08. The van der Waals surface area contributed by atoms with Crippen molar-refractivity contribution in [3.05, 3.63) is 35.4 Å². The van der Waals surface area contributed by atoms with E-state index in [0.717, 1.165) is 45.3 Å². The van der Waals surface area contributed by atoms with E-state index in [9.17, 15) is 5.11 Å². The topological polar surface area (TPSA) is 29.5 Å². The second-order valence-electron chi connectivity index (χ2n) is 5.68. The minimum atomic E-state index is -0.614. The Bertz CT molecular complexity index is 409. The fourth-order valence-electron chi connectivity index (χ4n) is 3.60. The molecule has 2 nitrogen and oxygen atoms in total. The fourth-order valence-corrected chi connectivity index (χ4v) is 3.60. The van der Waals surface area contributed by atoms with Crippen LogP contribution in [0, 0.1) is 5.92 Å². The van der Waals surface area contributed by atoms with Crippen LogP contribution in [0.1, 0.15) is 43.2 Å². The van der Waals surface area contributed by atoms with Gasteiger partial charge in [0, 0.05) is 13.2 Å². The molecule has 1 unspecified atom stereocenters. The molecule has 1 aliphatic carbocycles. The van der Waals surface area contributed by atoms with E-state index in [1.54, 1.807) is 0 Å². The molecule has 0 bridgehead atoms. The minimum Gasteiger partial charge on any atom is -0.385 e. The van der Waals surface area contributed by atoms with Gasteiger partial charge in [-0.25, -0.2) is 0 Å². The Morgan fingerprint density at radius 2 is 1.89 bits per heavy atom. The molecule has 0 saturated carbocycles. The number of hydrogen-bond acceptors (Lipinski definition) is 2. The molecule has 0 radical (unpaired) electrons. The Morgan fingerprint density at radius 1 is 1.11 bits per heavy atom. The van der Waals surface area contributed by atoms with E-state index in [1.165, 1.54) is 17.5 Å². The quantitative estimate of drug-likeness (QED) is 0.772. The molecular formula is C16H22O2. The first kappa shape index (κ1) is 12.2. The van der Waals surface area contributed by atoms with E-state index in [1.807, 2.05) is 0 Å². The largest absolute Gasteiger partial charge is 0.385 e. The normalized spacial score (nSPS) is 29.6. The van der Waals surface area contributed by atoms with Crippen molar-refractivity contribution in [2.75, 3.05) is 13.2 Å². The van der Waals surface area contributed by atoms with Gasteiger partial charge >= 0.3 is 0 Å². The summed E-state index contributed by atoms with van der Waals surface area (Å²) >= 11 is 0. The average molecular weight is 246 g/mol. The number of hydrogen-bond donors (Lipinski definition) is 1. The molecule has 1 heterocycles. The summed E-state index contributed by atoms with van der Waals surface area (Å²) in [5.74, 6) is 0.366. The molecular weight excluding hydrogens is 224 g/mol. The molecule has 1 aromatic rings. The first-order valence-electron chi connectivity index (χ1n) is 7.19. The third-order valence-electron chi connectivity index (χ3n) is 4.63. The van der Waals surface area contributed by atoms with Gasteiger partial charge in [-0.05, 0) is 55.6 Å². The summed E-state index contributed by atoms with van der Waals surface area (Å²) in [7, 11) is 0. The average Bonchev–Trinajstić information content (AvgIpc) is 2.61. The number of fused-ring (bicyclic) bond motifs is 1. The molecule has 0 spiro atoms. The summed E-state index contributed by atoms with van der Waals surface area (Å²) in [5.41, 5.74) is 1.93. The zero-order chi connectivity index (χ0) is 12.4. The van der Waals surface area contributed by atoms with Crippen LogP contribution in [-0.2, 0) is 16.8 Å². The van der Waals surface area contributed by atoms with Gasteiger partial charge < -0.3 is 9.84 Å². The van der Waals surface area contributed by atoms with Crippen molar-refractivity contribution >= 4 is 0 Å². The number of aryl methyl sites for hydroxylation is 1. The predicted molar refractivity (Wildman–Crippen MR) is 71.4 cm³/mol. The van der Waals surface area contributed by atoms with Crippen LogP contribution in [0.2, 0.25) is 0 Å². The Labute approximate surface area is 109 Å². The number of rotatable bonds is 1. The molecule has 3 rings (SSSR count). The first-order valence-corrected chi connectivity index (χ1v) is 7.19. The zero-order valence-corrected chi connectivity index (χ0v) is 10.9. The Balaban J connectivity index is 1.98. The van der Waals surface area contributed by atoms with Crippen molar-refractivity contribution in [2.45, 2.75) is 44.1 Å². The van der Waals surface area contributed by atoms with Gasteiger partial charge in [0.05, 0.1) is 5.60 Å². The van der Waals surface area contributed by atoms with Gasteiger partial charge in [0.25, 0.3) is 0 Å². The molecule has 0 aromatic heterocycles. The molecule has 2 heteroatoms. The number of ether oxygens (including phenoxy) is 1. The maximum absolute atomic E-state index is 11.3. The summed E-state index contributed by atoms with van der Waals surface area (Å²) in [4.78, 5) is 0. The lowest BCUT2D eigenvalue weighted by atomic mass is 9.74. The molecule has 1 fully saturated rings. The molecule has 1 aromatic carbocycles. The summed E-state index contributed by atoms with van der Waals surface area (Å²) in [5, 5.41) is 11.3. The van der Waals surface area contributed by atoms with Gasteiger partial charge in [-0.3, -0.25) is 0 Å². The van der Waals surface area contributed by atoms with Crippen LogP contribution >= 0.6 is 0 Å². The Kier molecular flexibility index (Phi) is 3.40. The van der Waals surface area contributed by atoms with Crippen molar-refractivity contribution in [1.29, 1.82) is 0 Å². The lowest BCUT2D eigenvalue weighted by Crippen LogP contribution is -2.38. The summed E-state index contributed by atoms with van der Waals surface area (Å²) in [6, 6.07) is 8.48. The van der Waals surface area contributed by atoms with Gasteiger partial charge in [0.15, 0.2) is 0 Å². The van der Waals surface area contributed by atoms with E-state index < -0.39 is 5.60 Å². The molecule has 98 valence electrons. The SMILES string of the molecule is OC1(C2CCOCC2)CCCCc2ccccc21. The molecule has 1 aliphatic heterocycles. The van der Waals surface area contributed by atoms with Gasteiger partial charge in [0.1, 0.15) is 0 Å². The van der Waals surface area contributed by atoms with Crippen molar-refractivity contribution in [2.24, 2.45) is 5.92 Å². The highest BCUT2D eigenvalue weighted by Gasteiger charge is 2.40. The summed E-state index contributed by atoms with van der Waals surface area (Å²) in [6.45, 7) is 1.60. The highest BCUT2D eigenvalue weighted by Crippen LogP contribution is 2.43. The second-order valence-corrected chi connectivity index (χ2v) is 5.68. The van der Waals surface area contributed by atoms with Crippen molar-refractivity contribution in [1.82, 2.24) is 0 Å². The van der Waals surface area contributed by atoms with Crippen LogP contribution in [0.5, 0.6) is 0 Å². The minimum absolute atomic E-state index is 0.366. The zero-order valence-electron chi connectivity index (χ0n) is 10.9. The smallest absolute Gasteiger partial charge is 0.0928 e. The van der Waals surface area contributed by atoms with Crippen LogP contribution in [0.15, 0.2) is 24.3 Å². The van der Waals surface area contributed by atoms with Gasteiger partial charge in [-0.15, -0.1) is 0 Å². The molecule has 1 N–H and O–H groups in total. The highest BCUT2D eigenvalue weighted by molar-refractivity contribution is 5.34. The predicted octanol–water partition coefficient (Wildman–Crippen LogP) is 3.03. The Hall–Kier alpha value is -0.860. The summed E-state index contributed by atoms with van der Waals surface area (Å²) < 4.78 is 5.44. The summed E-state index contributed by atoms with van der Waals surface area (Å²) in [6.07, 6.45) is 6.33. The molecule has 1 saturated heterocycles. The maximum Gasteiger partial charge on any atom is 0.0928 e. The van der Waals surface area contributed by atoms with E-state index in [0.29, 0.717) is 5.92 Å². The lowest BCUT2D eigenvalue weighted by Gasteiger charge is -2.39. The van der Waals surface area contributed by atoms with Crippen LogP contribution < -0.4 is 0 Å². The number of aliphatic hydroxyl groups is 1. The fraction of sp³-hybridized carbons (Fsp3) is 0.625. The molecule has 1 atom stereocenters. The van der Waals surface area contributed by atoms with Crippen molar-refractivity contribution in [3.63, 3.8) is 0 Å². The van der Waals surface area contributed by atoms with Crippen LogP contribution in [0.4, 0.5) is 0 Å². The van der Waals surface area contributed by atoms with Crippen molar-refractivity contribution < 1.29 is 9.84 Å². The molecule has 0 amide bonds. The van der Waals surface area contributed by atoms with E-state index in [4.69, 9.17) is 4.74 Å². The van der Waals surface area contributed by atoms with Crippen LogP contribution in [0.3, 0.4) is 0 Å². The van der Waals surface area contributed by atoms with E-state index in [-0.39, 0.29) is 0 Å². The van der Waals surface area contributed by atoms with E-state index >= 15 is 0 Å². The molecule has 18 heavy (non-hydrogen) atoms. The van der Waals surface area contributed by atoms with Gasteiger partial charge in [-0.2, -0.15) is 0 Å². The lowest BCUT2D eigenvalue weighted by molar-refractivity contribution is -0.0761. The van der Waals surface area contributed by atoms with E-state index in [2.05, 4.69) is 24.3 Å². The highest BCUT2D eigenvalue weighted by atomic mass is 16.5. The Morgan fingerprint density at radius 3 is 2.72 bits per heavy atom. The third-order valence-corrected chi connectivity index (χ3v) is 4.63. The monoisotopic (exact) mass is 246 g/mol. The maximum atomic E-state index is 11.3. The van der Waals surface area contributed by atoms with Crippen LogP contribution in [0.25, 0.3) is 0 Å². The first-order chi connectivity index (χ1) is 8.81. The second kappa shape index (κ2) is 5.02. The number of benzene rings is 1. The molecule has 2 aliphatic rings. The van der Waals surface area contributed by atoms with Crippen molar-refractivity contribution in [3.8, 4) is 0 Å². The van der Waals surface area contributed by atoms with Gasteiger partial charge in [0.2, 0.25) is 0 Å². The van der Waals surface area contributed by atoms with Crippen LogP contribution in [-0.4, -0.2) is 18.3 Å².